The molecule has 1 fully saturated rings. The summed E-state index contributed by atoms with van der Waals surface area (Å²) in [7, 11) is 0. The molecule has 0 aliphatic heterocycles. The lowest BCUT2D eigenvalue weighted by Gasteiger charge is -2.26. The van der Waals surface area contributed by atoms with Crippen LogP contribution in [0.5, 0.6) is 5.75 Å². The normalized spacial score (nSPS) is 20.7. The van der Waals surface area contributed by atoms with Gasteiger partial charge in [0.05, 0.1) is 0 Å². The Hall–Kier alpha value is -1.44. The van der Waals surface area contributed by atoms with Crippen molar-refractivity contribution in [3.05, 3.63) is 54.1 Å². The van der Waals surface area contributed by atoms with E-state index in [-0.39, 0.29) is 5.75 Å². The van der Waals surface area contributed by atoms with Gasteiger partial charge in [-0.05, 0) is 47.6 Å². The van der Waals surface area contributed by atoms with Gasteiger partial charge in [0.25, 0.3) is 0 Å². The van der Waals surface area contributed by atoms with Crippen LogP contribution in [0.25, 0.3) is 11.1 Å². The van der Waals surface area contributed by atoms with E-state index >= 15 is 0 Å². The van der Waals surface area contributed by atoms with Crippen molar-refractivity contribution in [1.82, 2.24) is 0 Å². The molecule has 1 aliphatic carbocycles. The monoisotopic (exact) mass is 376 g/mol. The third-order valence-electron chi connectivity index (χ3n) is 5.35. The van der Waals surface area contributed by atoms with E-state index in [9.17, 15) is 13.2 Å². The van der Waals surface area contributed by atoms with E-state index in [0.29, 0.717) is 0 Å². The van der Waals surface area contributed by atoms with Crippen molar-refractivity contribution in [3.63, 3.8) is 0 Å². The number of hydrogen-bond acceptors (Lipinski definition) is 1. The molecule has 0 aromatic heterocycles. The van der Waals surface area contributed by atoms with E-state index < -0.39 is 6.36 Å². The smallest absolute Gasteiger partial charge is 0.406 e. The standard InChI is InChI=1S/C21H22F3O.Al.2H/c22-21(23,24)25-20-14-12-19(13-15-20)18-10-8-17(9-11-18)7-6-16-4-2-1-3-5-16;;;/h1,8-16H,2-7H2;;;. The fraction of sp³-hybridized carbons (Fsp3) is 0.429. The van der Waals surface area contributed by atoms with Crippen molar-refractivity contribution in [2.45, 2.75) is 49.7 Å². The lowest BCUT2D eigenvalue weighted by Crippen LogP contribution is -2.16. The molecule has 5 heteroatoms. The van der Waals surface area contributed by atoms with Gasteiger partial charge in [0, 0.05) is 0 Å². The molecule has 0 heterocycles. The Balaban J connectivity index is 1.55. The van der Waals surface area contributed by atoms with Gasteiger partial charge in [-0.2, -0.15) is 0 Å². The maximum Gasteiger partial charge on any atom is 0.573 e. The van der Waals surface area contributed by atoms with Gasteiger partial charge in [-0.25, -0.2) is 0 Å². The molecule has 0 saturated heterocycles. The first kappa shape index (κ1) is 19.3. The second kappa shape index (κ2) is 8.50. The van der Waals surface area contributed by atoms with Crippen LogP contribution in [0.1, 0.15) is 37.7 Å². The minimum absolute atomic E-state index is 0.192. The molecule has 0 spiro atoms. The first-order valence-electron chi connectivity index (χ1n) is 9.34. The third kappa shape index (κ3) is 5.79. The average Bonchev–Trinajstić information content (AvgIpc) is 2.61. The number of benzene rings is 2. The largest absolute Gasteiger partial charge is 0.573 e. The highest BCUT2D eigenvalue weighted by Crippen LogP contribution is 2.33. The first-order valence-corrected chi connectivity index (χ1v) is 10.5. The second-order valence-electron chi connectivity index (χ2n) is 7.43. The summed E-state index contributed by atoms with van der Waals surface area (Å²) in [6.45, 7) is 0. The molecule has 0 atom stereocenters. The van der Waals surface area contributed by atoms with Crippen LogP contribution in [0, 0.1) is 5.92 Å². The molecule has 0 amide bonds. The van der Waals surface area contributed by atoms with Crippen molar-refractivity contribution in [3.8, 4) is 16.9 Å². The van der Waals surface area contributed by atoms with E-state index in [2.05, 4.69) is 16.9 Å². The van der Waals surface area contributed by atoms with E-state index in [1.165, 1.54) is 66.1 Å². The Morgan fingerprint density at radius 3 is 1.92 bits per heavy atom. The zero-order chi connectivity index (χ0) is 18.6. The lowest BCUT2D eigenvalue weighted by atomic mass is 9.85. The number of aryl methyl sites for hydroxylation is 1. The highest BCUT2D eigenvalue weighted by molar-refractivity contribution is 6.11. The zero-order valence-electron chi connectivity index (χ0n) is 15.1. The molecular weight excluding hydrogens is 352 g/mol. The summed E-state index contributed by atoms with van der Waals surface area (Å²) in [5.74, 6) is 0.684. The van der Waals surface area contributed by atoms with Crippen molar-refractivity contribution in [2.75, 3.05) is 0 Å². The van der Waals surface area contributed by atoms with Crippen LogP contribution in [0.2, 0.25) is 4.78 Å². The molecule has 1 saturated carbocycles. The fourth-order valence-corrected chi connectivity index (χ4v) is 4.37. The van der Waals surface area contributed by atoms with Crippen LogP contribution in [0.3, 0.4) is 0 Å². The van der Waals surface area contributed by atoms with Crippen LogP contribution in [-0.4, -0.2) is 22.7 Å². The molecule has 2 aromatic rings. The molecule has 26 heavy (non-hydrogen) atoms. The Kier molecular flexibility index (Phi) is 6.32. The predicted octanol–water partition coefficient (Wildman–Crippen LogP) is 5.80. The Morgan fingerprint density at radius 1 is 0.846 bits per heavy atom. The zero-order valence-corrected chi connectivity index (χ0v) is 17.1. The minimum atomic E-state index is -4.65. The van der Waals surface area contributed by atoms with Crippen LogP contribution in [0.15, 0.2) is 48.5 Å². The molecule has 138 valence electrons. The van der Waals surface area contributed by atoms with Gasteiger partial charge in [-0.1, -0.05) is 66.9 Å². The summed E-state index contributed by atoms with van der Waals surface area (Å²) in [4.78, 5) is 0. The number of hydrogen-bond donors (Lipinski definition) is 0. The number of halogens is 3. The molecule has 1 nitrogen and oxygen atoms in total. The lowest BCUT2D eigenvalue weighted by molar-refractivity contribution is -0.274. The molecular formula is C21H24AlF3O. The summed E-state index contributed by atoms with van der Waals surface area (Å²) in [5.41, 5.74) is 3.22. The van der Waals surface area contributed by atoms with Gasteiger partial charge in [-0.3, -0.25) is 0 Å². The van der Waals surface area contributed by atoms with Crippen molar-refractivity contribution in [2.24, 2.45) is 5.92 Å². The topological polar surface area (TPSA) is 9.23 Å². The van der Waals surface area contributed by atoms with E-state index in [0.717, 1.165) is 28.2 Å². The van der Waals surface area contributed by atoms with Crippen LogP contribution in [0.4, 0.5) is 13.2 Å². The first-order chi connectivity index (χ1) is 12.4. The highest BCUT2D eigenvalue weighted by atomic mass is 27.0. The molecule has 3 rings (SSSR count). The van der Waals surface area contributed by atoms with Crippen LogP contribution < -0.4 is 4.74 Å². The van der Waals surface area contributed by atoms with Gasteiger partial charge >= 0.3 is 6.36 Å². The Bertz CT molecular complexity index is 687. The number of alkyl halides is 3. The van der Waals surface area contributed by atoms with E-state index in [1.807, 2.05) is 12.1 Å². The van der Waals surface area contributed by atoms with Gasteiger partial charge < -0.3 is 4.74 Å². The third-order valence-corrected chi connectivity index (χ3v) is 6.51. The summed E-state index contributed by atoms with van der Waals surface area (Å²) in [6, 6.07) is 14.4. The summed E-state index contributed by atoms with van der Waals surface area (Å²) < 4.78 is 41.6. The number of rotatable bonds is 5. The van der Waals surface area contributed by atoms with Crippen molar-refractivity contribution in [1.29, 1.82) is 0 Å². The summed E-state index contributed by atoms with van der Waals surface area (Å²) >= 11 is 1.34. The molecule has 2 aromatic carbocycles. The minimum Gasteiger partial charge on any atom is -0.406 e. The maximum atomic E-state index is 12.2. The van der Waals surface area contributed by atoms with Gasteiger partial charge in [-0.15, -0.1) is 13.2 Å². The Morgan fingerprint density at radius 2 is 1.38 bits per heavy atom. The molecule has 0 radical (unpaired) electrons. The average molecular weight is 376 g/mol. The molecule has 0 N–H and O–H groups in total. The van der Waals surface area contributed by atoms with Gasteiger partial charge in [0.2, 0.25) is 16.3 Å². The fourth-order valence-electron chi connectivity index (χ4n) is 3.70. The molecule has 0 bridgehead atoms. The van der Waals surface area contributed by atoms with Crippen LogP contribution >= 0.6 is 0 Å². The van der Waals surface area contributed by atoms with Crippen molar-refractivity contribution >= 4 is 16.3 Å². The molecule has 1 aliphatic rings. The predicted molar refractivity (Wildman–Crippen MR) is 101 cm³/mol. The van der Waals surface area contributed by atoms with Crippen LogP contribution in [-0.2, 0) is 6.42 Å². The maximum absolute atomic E-state index is 12.2. The quantitative estimate of drug-likeness (QED) is 0.600. The highest BCUT2D eigenvalue weighted by Gasteiger charge is 2.30. The van der Waals surface area contributed by atoms with Crippen molar-refractivity contribution < 1.29 is 17.9 Å². The molecule has 0 unspecified atom stereocenters. The Labute approximate surface area is 161 Å². The van der Waals surface area contributed by atoms with E-state index in [4.69, 9.17) is 0 Å². The van der Waals surface area contributed by atoms with Gasteiger partial charge in [0.15, 0.2) is 0 Å². The number of ether oxygens (including phenoxy) is 1. The van der Waals surface area contributed by atoms with E-state index in [1.54, 1.807) is 12.1 Å². The van der Waals surface area contributed by atoms with Gasteiger partial charge in [0.1, 0.15) is 5.75 Å². The SMILES string of the molecule is FC(F)(F)Oc1ccc(-c2ccc(CCC3CC[CH]([AlH2])CC3)cc2)cc1. The second-order valence-corrected chi connectivity index (χ2v) is 9.07. The summed E-state index contributed by atoms with van der Waals surface area (Å²) in [6.07, 6.45) is 3.33. The summed E-state index contributed by atoms with van der Waals surface area (Å²) in [5, 5.41) is 0.